The van der Waals surface area contributed by atoms with Crippen LogP contribution in [-0.2, 0) is 0 Å². The number of hydrogen-bond acceptors (Lipinski definition) is 4. The lowest BCUT2D eigenvalue weighted by Gasteiger charge is -2.09. The van der Waals surface area contributed by atoms with E-state index < -0.39 is 16.6 Å². The van der Waals surface area contributed by atoms with Gasteiger partial charge in [-0.25, -0.2) is 4.79 Å². The Morgan fingerprint density at radius 1 is 1.56 bits per heavy atom. The fourth-order valence-electron chi connectivity index (χ4n) is 1.52. The molecule has 0 unspecified atom stereocenters. The number of nitro groups is 1. The van der Waals surface area contributed by atoms with Crippen LogP contribution >= 0.6 is 15.9 Å². The molecule has 2 rings (SSSR count). The molecule has 0 atom stereocenters. The minimum absolute atomic E-state index is 0.00759. The third kappa shape index (κ3) is 2.61. The second-order valence-electron chi connectivity index (χ2n) is 4.09. The Kier molecular flexibility index (Phi) is 3.51. The van der Waals surface area contributed by atoms with Crippen molar-refractivity contribution in [2.45, 2.75) is 12.8 Å². The summed E-state index contributed by atoms with van der Waals surface area (Å²) in [4.78, 5) is 21.2. The number of nitrogens with zero attached hydrogens (tertiary/aromatic N) is 1. The normalized spacial score (nSPS) is 14.3. The van der Waals surface area contributed by atoms with Gasteiger partial charge in [-0.05, 0) is 46.8 Å². The van der Waals surface area contributed by atoms with Crippen molar-refractivity contribution in [3.05, 3.63) is 32.3 Å². The first-order valence-electron chi connectivity index (χ1n) is 5.33. The van der Waals surface area contributed by atoms with Crippen LogP contribution < -0.4 is 4.74 Å². The summed E-state index contributed by atoms with van der Waals surface area (Å²) in [5.41, 5.74) is -0.869. The molecule has 96 valence electrons. The molecular formula is C11H10BrNO5. The Morgan fingerprint density at radius 3 is 2.72 bits per heavy atom. The van der Waals surface area contributed by atoms with Gasteiger partial charge < -0.3 is 9.84 Å². The van der Waals surface area contributed by atoms with E-state index >= 15 is 0 Å². The molecule has 0 bridgehead atoms. The van der Waals surface area contributed by atoms with Crippen LogP contribution in [0.4, 0.5) is 5.69 Å². The predicted molar refractivity (Wildman–Crippen MR) is 66.0 cm³/mol. The highest BCUT2D eigenvalue weighted by molar-refractivity contribution is 9.10. The van der Waals surface area contributed by atoms with Crippen LogP contribution in [0.5, 0.6) is 5.75 Å². The highest BCUT2D eigenvalue weighted by Gasteiger charge is 2.30. The van der Waals surface area contributed by atoms with E-state index in [9.17, 15) is 14.9 Å². The fourth-order valence-corrected chi connectivity index (χ4v) is 1.96. The van der Waals surface area contributed by atoms with Crippen LogP contribution in [0.25, 0.3) is 0 Å². The molecule has 0 aliphatic heterocycles. The van der Waals surface area contributed by atoms with E-state index in [0.717, 1.165) is 12.8 Å². The van der Waals surface area contributed by atoms with E-state index in [1.807, 2.05) is 0 Å². The first-order chi connectivity index (χ1) is 8.50. The molecule has 7 heteroatoms. The van der Waals surface area contributed by atoms with Crippen LogP contribution in [0, 0.1) is 16.0 Å². The molecule has 0 saturated heterocycles. The number of aromatic carboxylic acids is 1. The molecule has 6 nitrogen and oxygen atoms in total. The van der Waals surface area contributed by atoms with Crippen molar-refractivity contribution in [1.29, 1.82) is 0 Å². The Labute approximate surface area is 111 Å². The molecule has 1 aliphatic rings. The zero-order chi connectivity index (χ0) is 13.3. The number of ether oxygens (including phenoxy) is 1. The van der Waals surface area contributed by atoms with E-state index in [4.69, 9.17) is 9.84 Å². The lowest BCUT2D eigenvalue weighted by Crippen LogP contribution is -2.08. The summed E-state index contributed by atoms with van der Waals surface area (Å²) in [5.74, 6) is -0.928. The standard InChI is InChI=1S/C11H10BrNO5/c12-8-4-3-7(11(14)15)9(13(16)17)10(8)18-5-6-1-2-6/h3-4,6H,1-2,5H2,(H,14,15). The minimum atomic E-state index is -1.34. The van der Waals surface area contributed by atoms with Gasteiger partial charge in [0.1, 0.15) is 5.56 Å². The molecule has 1 aliphatic carbocycles. The van der Waals surface area contributed by atoms with Crippen molar-refractivity contribution in [2.24, 2.45) is 5.92 Å². The molecular weight excluding hydrogens is 306 g/mol. The second-order valence-corrected chi connectivity index (χ2v) is 4.94. The molecule has 0 radical (unpaired) electrons. The third-order valence-corrected chi connectivity index (χ3v) is 3.28. The van der Waals surface area contributed by atoms with E-state index in [2.05, 4.69) is 15.9 Å². The summed E-state index contributed by atoms with van der Waals surface area (Å²) >= 11 is 3.15. The van der Waals surface area contributed by atoms with Crippen molar-refractivity contribution in [2.75, 3.05) is 6.61 Å². The summed E-state index contributed by atoms with van der Waals surface area (Å²) in [6, 6.07) is 2.63. The Hall–Kier alpha value is -1.63. The zero-order valence-corrected chi connectivity index (χ0v) is 10.8. The number of carboxylic acid groups (broad SMARTS) is 1. The maximum Gasteiger partial charge on any atom is 0.342 e. The Morgan fingerprint density at radius 2 is 2.22 bits per heavy atom. The summed E-state index contributed by atoms with van der Waals surface area (Å²) in [6.45, 7) is 0.377. The molecule has 0 heterocycles. The molecule has 1 saturated carbocycles. The molecule has 1 N–H and O–H groups in total. The summed E-state index contributed by atoms with van der Waals surface area (Å²) in [7, 11) is 0. The number of carboxylic acids is 1. The largest absolute Gasteiger partial charge is 0.486 e. The second kappa shape index (κ2) is 4.93. The average Bonchev–Trinajstić information content (AvgIpc) is 3.10. The van der Waals surface area contributed by atoms with E-state index in [1.54, 1.807) is 0 Å². The molecule has 1 aromatic carbocycles. The quantitative estimate of drug-likeness (QED) is 0.666. The highest BCUT2D eigenvalue weighted by Crippen LogP contribution is 2.39. The predicted octanol–water partition coefficient (Wildman–Crippen LogP) is 2.84. The van der Waals surface area contributed by atoms with E-state index in [0.29, 0.717) is 17.0 Å². The molecule has 18 heavy (non-hydrogen) atoms. The highest BCUT2D eigenvalue weighted by atomic mass is 79.9. The van der Waals surface area contributed by atoms with Gasteiger partial charge in [0.15, 0.2) is 0 Å². The Bertz CT molecular complexity index is 512. The number of rotatable bonds is 5. The number of nitro benzene ring substituents is 1. The Balaban J connectivity index is 2.41. The first-order valence-corrected chi connectivity index (χ1v) is 6.13. The van der Waals surface area contributed by atoms with Gasteiger partial charge in [-0.2, -0.15) is 0 Å². The van der Waals surface area contributed by atoms with Gasteiger partial charge in [0.25, 0.3) is 0 Å². The molecule has 0 amide bonds. The van der Waals surface area contributed by atoms with Gasteiger partial charge >= 0.3 is 11.7 Å². The van der Waals surface area contributed by atoms with Crippen molar-refractivity contribution in [3.8, 4) is 5.75 Å². The summed E-state index contributed by atoms with van der Waals surface area (Å²) < 4.78 is 5.78. The fraction of sp³-hybridized carbons (Fsp3) is 0.364. The molecule has 0 aromatic heterocycles. The lowest BCUT2D eigenvalue weighted by atomic mass is 10.1. The van der Waals surface area contributed by atoms with Crippen molar-refractivity contribution in [1.82, 2.24) is 0 Å². The van der Waals surface area contributed by atoms with Crippen LogP contribution in [0.2, 0.25) is 0 Å². The van der Waals surface area contributed by atoms with Gasteiger partial charge in [-0.3, -0.25) is 10.1 Å². The number of hydrogen-bond donors (Lipinski definition) is 1. The van der Waals surface area contributed by atoms with Crippen molar-refractivity contribution < 1.29 is 19.6 Å². The van der Waals surface area contributed by atoms with Crippen LogP contribution in [0.15, 0.2) is 16.6 Å². The first kappa shape index (κ1) is 12.8. The maximum absolute atomic E-state index is 11.0. The van der Waals surface area contributed by atoms with Gasteiger partial charge in [-0.15, -0.1) is 0 Å². The van der Waals surface area contributed by atoms with Gasteiger partial charge in [0, 0.05) is 0 Å². The monoisotopic (exact) mass is 315 g/mol. The summed E-state index contributed by atoms with van der Waals surface area (Å²) in [5, 5.41) is 19.9. The summed E-state index contributed by atoms with van der Waals surface area (Å²) in [6.07, 6.45) is 2.09. The van der Waals surface area contributed by atoms with Crippen LogP contribution in [0.1, 0.15) is 23.2 Å². The number of halogens is 1. The lowest BCUT2D eigenvalue weighted by molar-refractivity contribution is -0.386. The maximum atomic E-state index is 11.0. The molecule has 1 aromatic rings. The third-order valence-electron chi connectivity index (χ3n) is 2.66. The van der Waals surface area contributed by atoms with Crippen molar-refractivity contribution in [3.63, 3.8) is 0 Å². The van der Waals surface area contributed by atoms with Crippen LogP contribution in [-0.4, -0.2) is 22.6 Å². The van der Waals surface area contributed by atoms with Gasteiger partial charge in [0.2, 0.25) is 5.75 Å². The van der Waals surface area contributed by atoms with Gasteiger partial charge in [-0.1, -0.05) is 0 Å². The van der Waals surface area contributed by atoms with E-state index in [-0.39, 0.29) is 11.3 Å². The molecule has 1 fully saturated rings. The zero-order valence-electron chi connectivity index (χ0n) is 9.26. The number of benzene rings is 1. The topological polar surface area (TPSA) is 89.7 Å². The molecule has 0 spiro atoms. The SMILES string of the molecule is O=C(O)c1ccc(Br)c(OCC2CC2)c1[N+](=O)[O-]. The number of carbonyl (C=O) groups is 1. The van der Waals surface area contributed by atoms with Crippen LogP contribution in [0.3, 0.4) is 0 Å². The minimum Gasteiger partial charge on any atom is -0.486 e. The van der Waals surface area contributed by atoms with E-state index in [1.165, 1.54) is 12.1 Å². The average molecular weight is 316 g/mol. The van der Waals surface area contributed by atoms with Gasteiger partial charge in [0.05, 0.1) is 16.0 Å². The van der Waals surface area contributed by atoms with Crippen molar-refractivity contribution >= 4 is 27.6 Å². The smallest absolute Gasteiger partial charge is 0.342 e.